The van der Waals surface area contributed by atoms with Gasteiger partial charge in [-0.25, -0.2) is 0 Å². The molecule has 0 fully saturated rings. The van der Waals surface area contributed by atoms with Gasteiger partial charge in [0.1, 0.15) is 5.60 Å². The second-order valence-electron chi connectivity index (χ2n) is 4.31. The van der Waals surface area contributed by atoms with Gasteiger partial charge in [-0.2, -0.15) is 0 Å². The summed E-state index contributed by atoms with van der Waals surface area (Å²) in [4.78, 5) is 12.1. The summed E-state index contributed by atoms with van der Waals surface area (Å²) < 4.78 is 5.22. The molecule has 0 saturated heterocycles. The summed E-state index contributed by atoms with van der Waals surface area (Å²) >= 11 is 0. The van der Waals surface area contributed by atoms with E-state index < -0.39 is 5.60 Å². The van der Waals surface area contributed by atoms with E-state index in [9.17, 15) is 4.79 Å². The Labute approximate surface area is 112 Å². The van der Waals surface area contributed by atoms with Gasteiger partial charge in [0.05, 0.1) is 0 Å². The number of nitrogens with one attached hydrogen (secondary N) is 1. The predicted octanol–water partition coefficient (Wildman–Crippen LogP) is 1.53. The normalized spacial score (nSPS) is 14.8. The smallest absolute Gasteiger partial charge is 0.256 e. The first-order chi connectivity index (χ1) is 8.96. The number of anilines is 1. The van der Waals surface area contributed by atoms with Gasteiger partial charge in [0.2, 0.25) is 0 Å². The van der Waals surface area contributed by atoms with Crippen LogP contribution >= 0.6 is 0 Å². The molecule has 6 heteroatoms. The Balaban J connectivity index is 2.92. The van der Waals surface area contributed by atoms with Crippen LogP contribution in [0, 0.1) is 0 Å². The van der Waals surface area contributed by atoms with Gasteiger partial charge in [-0.1, -0.05) is 24.2 Å². The minimum absolute atomic E-state index is 0.0129. The highest BCUT2D eigenvalue weighted by Crippen LogP contribution is 2.18. The lowest BCUT2D eigenvalue weighted by Crippen LogP contribution is -2.41. The quantitative estimate of drug-likeness (QED) is 0.325. The molecule has 0 aromatic heterocycles. The van der Waals surface area contributed by atoms with Crippen molar-refractivity contribution in [1.29, 1.82) is 0 Å². The molecule has 0 radical (unpaired) electrons. The molecule has 1 unspecified atom stereocenters. The molecule has 19 heavy (non-hydrogen) atoms. The minimum Gasteiger partial charge on any atom is -0.409 e. The second-order valence-corrected chi connectivity index (χ2v) is 4.31. The highest BCUT2D eigenvalue weighted by Gasteiger charge is 2.30. The molecule has 0 spiro atoms. The van der Waals surface area contributed by atoms with E-state index in [0.29, 0.717) is 17.7 Å². The van der Waals surface area contributed by atoms with Crippen molar-refractivity contribution in [2.45, 2.75) is 25.9 Å². The minimum atomic E-state index is -0.882. The Hall–Kier alpha value is -2.08. The standard InChI is InChI=1S/C13H19N3O3/c1-4-13(2,19-3)12(17)15-10-7-5-6-9(8-10)11(14)16-18/h5-8,18H,4H2,1-3H3,(H2,14,16)(H,15,17). The number of amides is 1. The van der Waals surface area contributed by atoms with Gasteiger partial charge in [-0.15, -0.1) is 0 Å². The van der Waals surface area contributed by atoms with Crippen LogP contribution in [0.5, 0.6) is 0 Å². The Morgan fingerprint density at radius 3 is 2.79 bits per heavy atom. The molecule has 0 heterocycles. The highest BCUT2D eigenvalue weighted by atomic mass is 16.5. The van der Waals surface area contributed by atoms with Crippen molar-refractivity contribution in [1.82, 2.24) is 0 Å². The third-order valence-corrected chi connectivity index (χ3v) is 3.13. The third-order valence-electron chi connectivity index (χ3n) is 3.13. The largest absolute Gasteiger partial charge is 0.409 e. The fraction of sp³-hybridized carbons (Fsp3) is 0.385. The maximum Gasteiger partial charge on any atom is 0.256 e. The number of rotatable bonds is 5. The van der Waals surface area contributed by atoms with Crippen LogP contribution in [-0.4, -0.2) is 29.7 Å². The summed E-state index contributed by atoms with van der Waals surface area (Å²) in [6.07, 6.45) is 0.551. The van der Waals surface area contributed by atoms with Crippen LogP contribution in [0.3, 0.4) is 0 Å². The molecule has 1 aromatic carbocycles. The molecular weight excluding hydrogens is 246 g/mol. The zero-order valence-corrected chi connectivity index (χ0v) is 11.3. The average Bonchev–Trinajstić information content (AvgIpc) is 2.45. The van der Waals surface area contributed by atoms with Crippen molar-refractivity contribution < 1.29 is 14.7 Å². The Bertz CT molecular complexity index is 482. The number of nitrogens with two attached hydrogens (primary N) is 1. The van der Waals surface area contributed by atoms with Gasteiger partial charge >= 0.3 is 0 Å². The van der Waals surface area contributed by atoms with E-state index in [2.05, 4.69) is 10.5 Å². The van der Waals surface area contributed by atoms with Gasteiger partial charge in [0.25, 0.3) is 5.91 Å². The van der Waals surface area contributed by atoms with Crippen LogP contribution in [0.4, 0.5) is 5.69 Å². The number of amidine groups is 1. The summed E-state index contributed by atoms with van der Waals surface area (Å²) in [5.41, 5.74) is 5.70. The number of hydrogen-bond donors (Lipinski definition) is 3. The van der Waals surface area contributed by atoms with Crippen molar-refractivity contribution in [2.75, 3.05) is 12.4 Å². The Morgan fingerprint density at radius 1 is 1.58 bits per heavy atom. The fourth-order valence-corrected chi connectivity index (χ4v) is 1.47. The van der Waals surface area contributed by atoms with E-state index in [4.69, 9.17) is 15.7 Å². The molecule has 0 aliphatic carbocycles. The monoisotopic (exact) mass is 265 g/mol. The van der Waals surface area contributed by atoms with E-state index in [-0.39, 0.29) is 11.7 Å². The van der Waals surface area contributed by atoms with Crippen molar-refractivity contribution in [3.05, 3.63) is 29.8 Å². The number of ether oxygens (including phenoxy) is 1. The number of benzene rings is 1. The van der Waals surface area contributed by atoms with Crippen LogP contribution in [0.25, 0.3) is 0 Å². The van der Waals surface area contributed by atoms with E-state index >= 15 is 0 Å². The van der Waals surface area contributed by atoms with Crippen LogP contribution in [0.2, 0.25) is 0 Å². The number of carbonyl (C=O) groups excluding carboxylic acids is 1. The summed E-state index contributed by atoms with van der Waals surface area (Å²) in [6, 6.07) is 6.73. The maximum atomic E-state index is 12.1. The van der Waals surface area contributed by atoms with Gasteiger partial charge < -0.3 is 21.0 Å². The molecule has 0 aliphatic heterocycles. The number of carbonyl (C=O) groups is 1. The van der Waals surface area contributed by atoms with Crippen LogP contribution in [-0.2, 0) is 9.53 Å². The molecular formula is C13H19N3O3. The Kier molecular flexibility index (Phi) is 4.88. The van der Waals surface area contributed by atoms with Crippen molar-refractivity contribution in [3.8, 4) is 0 Å². The molecule has 104 valence electrons. The van der Waals surface area contributed by atoms with Crippen LogP contribution in [0.1, 0.15) is 25.8 Å². The first-order valence-corrected chi connectivity index (χ1v) is 5.91. The van der Waals surface area contributed by atoms with Gasteiger partial charge in [0.15, 0.2) is 5.84 Å². The lowest BCUT2D eigenvalue weighted by atomic mass is 10.0. The van der Waals surface area contributed by atoms with E-state index in [1.165, 1.54) is 7.11 Å². The first-order valence-electron chi connectivity index (χ1n) is 5.91. The molecule has 1 aromatic rings. The van der Waals surface area contributed by atoms with Crippen LogP contribution < -0.4 is 11.1 Å². The number of oxime groups is 1. The van der Waals surface area contributed by atoms with Crippen molar-refractivity contribution >= 4 is 17.4 Å². The molecule has 6 nitrogen and oxygen atoms in total. The fourth-order valence-electron chi connectivity index (χ4n) is 1.47. The molecule has 4 N–H and O–H groups in total. The predicted molar refractivity (Wildman–Crippen MR) is 73.3 cm³/mol. The SMILES string of the molecule is CCC(C)(OC)C(=O)Nc1cccc(/C(N)=N/O)c1. The van der Waals surface area contributed by atoms with E-state index in [1.54, 1.807) is 31.2 Å². The van der Waals surface area contributed by atoms with Gasteiger partial charge in [0, 0.05) is 18.4 Å². The molecule has 0 aliphatic rings. The second kappa shape index (κ2) is 6.19. The third kappa shape index (κ3) is 3.45. The lowest BCUT2D eigenvalue weighted by molar-refractivity contribution is -0.136. The molecule has 1 amide bonds. The van der Waals surface area contributed by atoms with Crippen molar-refractivity contribution in [2.24, 2.45) is 10.9 Å². The number of methoxy groups -OCH3 is 1. The van der Waals surface area contributed by atoms with Gasteiger partial charge in [-0.05, 0) is 25.5 Å². The average molecular weight is 265 g/mol. The zero-order chi connectivity index (χ0) is 14.5. The summed E-state index contributed by atoms with van der Waals surface area (Å²) in [5, 5.41) is 14.3. The van der Waals surface area contributed by atoms with E-state index in [0.717, 1.165) is 0 Å². The van der Waals surface area contributed by atoms with E-state index in [1.807, 2.05) is 6.92 Å². The molecule has 1 atom stereocenters. The molecule has 1 rings (SSSR count). The maximum absolute atomic E-state index is 12.1. The lowest BCUT2D eigenvalue weighted by Gasteiger charge is -2.25. The summed E-state index contributed by atoms with van der Waals surface area (Å²) in [5.74, 6) is -0.254. The molecule has 0 bridgehead atoms. The number of hydrogen-bond acceptors (Lipinski definition) is 4. The molecule has 0 saturated carbocycles. The zero-order valence-electron chi connectivity index (χ0n) is 11.3. The topological polar surface area (TPSA) is 96.9 Å². The Morgan fingerprint density at radius 2 is 2.26 bits per heavy atom. The van der Waals surface area contributed by atoms with Crippen molar-refractivity contribution in [3.63, 3.8) is 0 Å². The van der Waals surface area contributed by atoms with Gasteiger partial charge in [-0.3, -0.25) is 4.79 Å². The summed E-state index contributed by atoms with van der Waals surface area (Å²) in [6.45, 7) is 3.59. The first kappa shape index (κ1) is 15.0. The summed E-state index contributed by atoms with van der Waals surface area (Å²) in [7, 11) is 1.50. The highest BCUT2D eigenvalue weighted by molar-refractivity contribution is 6.00. The number of nitrogens with zero attached hydrogens (tertiary/aromatic N) is 1. The van der Waals surface area contributed by atoms with Crippen LogP contribution in [0.15, 0.2) is 29.4 Å².